The molecule has 1 fully saturated rings. The van der Waals surface area contributed by atoms with Crippen molar-refractivity contribution in [1.82, 2.24) is 25.0 Å². The third-order valence-electron chi connectivity index (χ3n) is 2.90. The van der Waals surface area contributed by atoms with Gasteiger partial charge in [-0.1, -0.05) is 4.49 Å². The average Bonchev–Trinajstić information content (AvgIpc) is 2.71. The molecule has 1 aliphatic heterocycles. The Morgan fingerprint density at radius 1 is 1.40 bits per heavy atom. The maximum Gasteiger partial charge on any atom is 0.139 e. The lowest BCUT2D eigenvalue weighted by atomic mass is 9.97. The van der Waals surface area contributed by atoms with Gasteiger partial charge in [-0.3, -0.25) is 4.90 Å². The molecular formula is C9H17N5S. The van der Waals surface area contributed by atoms with Crippen LogP contribution in [-0.2, 0) is 6.42 Å². The van der Waals surface area contributed by atoms with Crippen LogP contribution in [-0.4, -0.2) is 51.4 Å². The predicted octanol–water partition coefficient (Wildman–Crippen LogP) is 0.159. The van der Waals surface area contributed by atoms with E-state index in [9.17, 15) is 0 Å². The van der Waals surface area contributed by atoms with Crippen molar-refractivity contribution in [3.63, 3.8) is 0 Å². The number of hydrogen-bond donors (Lipinski definition) is 1. The summed E-state index contributed by atoms with van der Waals surface area (Å²) in [5.41, 5.74) is 0.156. The first-order valence-electron chi connectivity index (χ1n) is 5.28. The van der Waals surface area contributed by atoms with Gasteiger partial charge in [0, 0.05) is 49.7 Å². The number of rotatable bonds is 3. The van der Waals surface area contributed by atoms with Crippen LogP contribution in [0.2, 0.25) is 0 Å². The van der Waals surface area contributed by atoms with E-state index >= 15 is 0 Å². The maximum atomic E-state index is 4.01. The van der Waals surface area contributed by atoms with Crippen molar-refractivity contribution < 1.29 is 0 Å². The fraction of sp³-hybridized carbons (Fsp3) is 0.889. The second-order valence-electron chi connectivity index (χ2n) is 4.48. The van der Waals surface area contributed by atoms with E-state index in [2.05, 4.69) is 38.9 Å². The lowest BCUT2D eigenvalue weighted by Gasteiger charge is -2.40. The molecule has 0 saturated carbocycles. The fourth-order valence-electron chi connectivity index (χ4n) is 1.97. The zero-order valence-corrected chi connectivity index (χ0v) is 10.0. The molecule has 0 aromatic carbocycles. The number of hydrogen-bond acceptors (Lipinski definition) is 6. The number of aromatic nitrogens is 3. The van der Waals surface area contributed by atoms with Crippen LogP contribution in [0.3, 0.4) is 0 Å². The maximum absolute atomic E-state index is 4.01. The molecule has 1 aromatic heterocycles. The molecule has 84 valence electrons. The predicted molar refractivity (Wildman–Crippen MR) is 59.9 cm³/mol. The van der Waals surface area contributed by atoms with Gasteiger partial charge in [0.1, 0.15) is 5.01 Å². The Hall–Kier alpha value is -0.590. The minimum absolute atomic E-state index is 0.156. The normalized spacial score (nSPS) is 19.3. The van der Waals surface area contributed by atoms with Crippen LogP contribution in [0, 0.1) is 0 Å². The molecule has 1 saturated heterocycles. The van der Waals surface area contributed by atoms with Crippen LogP contribution >= 0.6 is 11.5 Å². The van der Waals surface area contributed by atoms with Gasteiger partial charge < -0.3 is 5.32 Å². The van der Waals surface area contributed by atoms with E-state index in [1.54, 1.807) is 0 Å². The summed E-state index contributed by atoms with van der Waals surface area (Å²) in [6, 6.07) is 0. The Bertz CT molecular complexity index is 291. The standard InChI is InChI=1S/C9H17N5S/c1-9(2,7-8-11-12-13-15-8)14-5-3-10-4-6-14/h10H,3-7H2,1-2H3. The van der Waals surface area contributed by atoms with E-state index in [4.69, 9.17) is 0 Å². The number of nitrogens with zero attached hydrogens (tertiary/aromatic N) is 4. The molecule has 0 atom stereocenters. The van der Waals surface area contributed by atoms with Gasteiger partial charge in [0.2, 0.25) is 0 Å². The first-order chi connectivity index (χ1) is 7.18. The van der Waals surface area contributed by atoms with Crippen molar-refractivity contribution in [3.8, 4) is 0 Å². The van der Waals surface area contributed by atoms with E-state index < -0.39 is 0 Å². The largest absolute Gasteiger partial charge is 0.314 e. The van der Waals surface area contributed by atoms with Gasteiger partial charge >= 0.3 is 0 Å². The van der Waals surface area contributed by atoms with Crippen molar-refractivity contribution in [1.29, 1.82) is 0 Å². The van der Waals surface area contributed by atoms with Gasteiger partial charge in [-0.2, -0.15) is 0 Å². The Balaban J connectivity index is 1.98. The molecule has 5 nitrogen and oxygen atoms in total. The molecule has 1 N–H and O–H groups in total. The molecule has 0 spiro atoms. The van der Waals surface area contributed by atoms with Gasteiger partial charge in [-0.15, -0.1) is 5.10 Å². The van der Waals surface area contributed by atoms with Gasteiger partial charge in [-0.25, -0.2) is 0 Å². The quantitative estimate of drug-likeness (QED) is 0.797. The number of piperazine rings is 1. The molecule has 0 radical (unpaired) electrons. The fourth-order valence-corrected chi connectivity index (χ4v) is 2.63. The topological polar surface area (TPSA) is 53.9 Å². The van der Waals surface area contributed by atoms with Crippen LogP contribution in [0.5, 0.6) is 0 Å². The summed E-state index contributed by atoms with van der Waals surface area (Å²) in [5.74, 6) is 0. The molecule has 1 aromatic rings. The summed E-state index contributed by atoms with van der Waals surface area (Å²) < 4.78 is 3.80. The summed E-state index contributed by atoms with van der Waals surface area (Å²) >= 11 is 1.40. The third kappa shape index (κ3) is 2.70. The monoisotopic (exact) mass is 227 g/mol. The van der Waals surface area contributed by atoms with Gasteiger partial charge in [0.25, 0.3) is 0 Å². The molecule has 2 rings (SSSR count). The van der Waals surface area contributed by atoms with Crippen LogP contribution in [0.25, 0.3) is 0 Å². The smallest absolute Gasteiger partial charge is 0.139 e. The molecule has 0 unspecified atom stereocenters. The van der Waals surface area contributed by atoms with E-state index in [0.29, 0.717) is 0 Å². The van der Waals surface area contributed by atoms with Crippen molar-refractivity contribution in [2.45, 2.75) is 25.8 Å². The first-order valence-corrected chi connectivity index (χ1v) is 6.05. The highest BCUT2D eigenvalue weighted by Crippen LogP contribution is 2.20. The molecule has 0 amide bonds. The second kappa shape index (κ2) is 4.51. The Labute approximate surface area is 94.0 Å². The lowest BCUT2D eigenvalue weighted by molar-refractivity contribution is 0.103. The Morgan fingerprint density at radius 3 is 2.73 bits per heavy atom. The highest BCUT2D eigenvalue weighted by molar-refractivity contribution is 7.05. The molecule has 0 bridgehead atoms. The summed E-state index contributed by atoms with van der Waals surface area (Å²) in [6.45, 7) is 8.91. The van der Waals surface area contributed by atoms with Crippen LogP contribution in [0.15, 0.2) is 0 Å². The summed E-state index contributed by atoms with van der Waals surface area (Å²) in [7, 11) is 0. The minimum Gasteiger partial charge on any atom is -0.314 e. The zero-order chi connectivity index (χ0) is 10.7. The molecule has 2 heterocycles. The lowest BCUT2D eigenvalue weighted by Crippen LogP contribution is -2.54. The molecule has 6 heteroatoms. The highest BCUT2D eigenvalue weighted by atomic mass is 32.1. The average molecular weight is 227 g/mol. The SMILES string of the molecule is CC(C)(Cc1nnns1)N1CCNCC1. The molecule has 0 aliphatic carbocycles. The molecular weight excluding hydrogens is 210 g/mol. The summed E-state index contributed by atoms with van der Waals surface area (Å²) in [4.78, 5) is 2.50. The van der Waals surface area contributed by atoms with Crippen molar-refractivity contribution in [2.75, 3.05) is 26.2 Å². The second-order valence-corrected chi connectivity index (χ2v) is 5.30. The van der Waals surface area contributed by atoms with Gasteiger partial charge in [0.05, 0.1) is 0 Å². The number of nitrogens with one attached hydrogen (secondary N) is 1. The van der Waals surface area contributed by atoms with E-state index in [-0.39, 0.29) is 5.54 Å². The minimum atomic E-state index is 0.156. The van der Waals surface area contributed by atoms with Crippen LogP contribution in [0.4, 0.5) is 0 Å². The first kappa shape index (κ1) is 10.9. The highest BCUT2D eigenvalue weighted by Gasteiger charge is 2.29. The van der Waals surface area contributed by atoms with E-state index in [1.165, 1.54) is 11.5 Å². The van der Waals surface area contributed by atoms with E-state index in [0.717, 1.165) is 37.6 Å². The Morgan fingerprint density at radius 2 is 2.13 bits per heavy atom. The Kier molecular flexibility index (Phi) is 3.28. The van der Waals surface area contributed by atoms with E-state index in [1.807, 2.05) is 0 Å². The van der Waals surface area contributed by atoms with Crippen LogP contribution < -0.4 is 5.32 Å². The third-order valence-corrected chi connectivity index (χ3v) is 3.49. The van der Waals surface area contributed by atoms with Crippen molar-refractivity contribution in [2.24, 2.45) is 0 Å². The molecule has 15 heavy (non-hydrogen) atoms. The van der Waals surface area contributed by atoms with Crippen LogP contribution in [0.1, 0.15) is 18.9 Å². The zero-order valence-electron chi connectivity index (χ0n) is 9.23. The summed E-state index contributed by atoms with van der Waals surface area (Å²) in [5, 5.41) is 12.0. The van der Waals surface area contributed by atoms with Crippen molar-refractivity contribution in [3.05, 3.63) is 5.01 Å². The summed E-state index contributed by atoms with van der Waals surface area (Å²) in [6.07, 6.45) is 0.935. The van der Waals surface area contributed by atoms with Gasteiger partial charge in [-0.05, 0) is 19.1 Å². The molecule has 1 aliphatic rings. The van der Waals surface area contributed by atoms with Crippen molar-refractivity contribution >= 4 is 11.5 Å². The van der Waals surface area contributed by atoms with Gasteiger partial charge in [0.15, 0.2) is 0 Å².